The van der Waals surface area contributed by atoms with Crippen molar-refractivity contribution in [1.29, 1.82) is 0 Å². The van der Waals surface area contributed by atoms with Gasteiger partial charge < -0.3 is 10.1 Å². The molecule has 9 nitrogen and oxygen atoms in total. The smallest absolute Gasteiger partial charge is 0.435 e. The number of carbonyl (C=O) groups excluding carboxylic acids is 2. The number of alkyl halides is 3. The highest BCUT2D eigenvalue weighted by Gasteiger charge is 2.39. The van der Waals surface area contributed by atoms with E-state index in [-0.39, 0.29) is 18.1 Å². The first-order valence-electron chi connectivity index (χ1n) is 11.7. The van der Waals surface area contributed by atoms with E-state index in [1.807, 2.05) is 0 Å². The van der Waals surface area contributed by atoms with Crippen LogP contribution < -0.4 is 5.32 Å². The standard InChI is InChI=1S/C25H23F3N6O3/c1-3-37-24(36)18-13-30-34-19(9-10-29-22(18)34)16-5-4-6-17(11-16)31-23(35)14(2)33-20(15-7-8-15)12-21(32-33)25(26,27)28/h4-6,9-15H,3,7-8H2,1-2H3,(H,31,35). The number of anilines is 1. The maximum Gasteiger partial charge on any atom is 0.435 e. The summed E-state index contributed by atoms with van der Waals surface area (Å²) < 4.78 is 47.5. The van der Waals surface area contributed by atoms with Gasteiger partial charge in [0.25, 0.3) is 0 Å². The quantitative estimate of drug-likeness (QED) is 0.355. The molecule has 1 fully saturated rings. The van der Waals surface area contributed by atoms with Gasteiger partial charge in [-0.25, -0.2) is 14.3 Å². The Hall–Kier alpha value is -4.22. The molecule has 1 aliphatic carbocycles. The van der Waals surface area contributed by atoms with Crippen LogP contribution in [0.3, 0.4) is 0 Å². The summed E-state index contributed by atoms with van der Waals surface area (Å²) in [5, 5.41) is 10.8. The predicted octanol–water partition coefficient (Wildman–Crippen LogP) is 4.87. The minimum atomic E-state index is -4.59. The van der Waals surface area contributed by atoms with Crippen molar-refractivity contribution in [2.45, 2.75) is 44.8 Å². The monoisotopic (exact) mass is 512 g/mol. The SMILES string of the molecule is CCOC(=O)c1cnn2c(-c3cccc(NC(=O)C(C)n4nc(C(F)(F)F)cc4C4CC4)c3)ccnc12. The van der Waals surface area contributed by atoms with Gasteiger partial charge in [-0.15, -0.1) is 0 Å². The second kappa shape index (κ2) is 9.34. The first-order chi connectivity index (χ1) is 17.7. The third kappa shape index (κ3) is 4.78. The molecule has 0 radical (unpaired) electrons. The fourth-order valence-corrected chi connectivity index (χ4v) is 4.12. The number of ether oxygens (including phenoxy) is 1. The van der Waals surface area contributed by atoms with Crippen LogP contribution >= 0.6 is 0 Å². The number of esters is 1. The number of hydrogen-bond donors (Lipinski definition) is 1. The first-order valence-corrected chi connectivity index (χ1v) is 11.7. The van der Waals surface area contributed by atoms with Crippen molar-refractivity contribution in [3.8, 4) is 11.3 Å². The summed E-state index contributed by atoms with van der Waals surface area (Å²) in [6.07, 6.45) is -0.128. The number of rotatable bonds is 7. The lowest BCUT2D eigenvalue weighted by atomic mass is 10.1. The third-order valence-corrected chi connectivity index (χ3v) is 6.12. The molecule has 3 heterocycles. The Kier molecular flexibility index (Phi) is 6.18. The Bertz CT molecular complexity index is 1490. The van der Waals surface area contributed by atoms with E-state index in [0.29, 0.717) is 28.3 Å². The van der Waals surface area contributed by atoms with Gasteiger partial charge in [-0.1, -0.05) is 12.1 Å². The summed E-state index contributed by atoms with van der Waals surface area (Å²) in [4.78, 5) is 29.5. The third-order valence-electron chi connectivity index (χ3n) is 6.12. The van der Waals surface area contributed by atoms with Gasteiger partial charge in [0, 0.05) is 29.1 Å². The number of aromatic nitrogens is 5. The van der Waals surface area contributed by atoms with E-state index in [1.165, 1.54) is 28.5 Å². The molecule has 0 spiro atoms. The van der Waals surface area contributed by atoms with Crippen molar-refractivity contribution in [2.24, 2.45) is 0 Å². The van der Waals surface area contributed by atoms with Gasteiger partial charge in [0.15, 0.2) is 11.3 Å². The largest absolute Gasteiger partial charge is 0.462 e. The number of nitrogens with one attached hydrogen (secondary N) is 1. The average Bonchev–Trinajstić information content (AvgIpc) is 3.44. The molecular weight excluding hydrogens is 489 g/mol. The van der Waals surface area contributed by atoms with E-state index in [2.05, 4.69) is 20.5 Å². The van der Waals surface area contributed by atoms with E-state index >= 15 is 0 Å². The first kappa shape index (κ1) is 24.5. The second-order valence-corrected chi connectivity index (χ2v) is 8.76. The lowest BCUT2D eigenvalue weighted by molar-refractivity contribution is -0.141. The molecule has 5 rings (SSSR count). The zero-order chi connectivity index (χ0) is 26.3. The van der Waals surface area contributed by atoms with Crippen LogP contribution in [0.15, 0.2) is 48.8 Å². The molecular formula is C25H23F3N6O3. The van der Waals surface area contributed by atoms with Crippen molar-refractivity contribution in [2.75, 3.05) is 11.9 Å². The van der Waals surface area contributed by atoms with Crippen LogP contribution in [0, 0.1) is 0 Å². The molecule has 12 heteroatoms. The summed E-state index contributed by atoms with van der Waals surface area (Å²) in [5.41, 5.74) is 1.69. The van der Waals surface area contributed by atoms with Crippen LogP contribution in [-0.2, 0) is 15.7 Å². The van der Waals surface area contributed by atoms with E-state index in [4.69, 9.17) is 4.74 Å². The van der Waals surface area contributed by atoms with Gasteiger partial charge in [0.05, 0.1) is 18.5 Å². The molecule has 0 aliphatic heterocycles. The van der Waals surface area contributed by atoms with Gasteiger partial charge in [0.1, 0.15) is 11.6 Å². The summed E-state index contributed by atoms with van der Waals surface area (Å²) >= 11 is 0. The molecule has 0 saturated heterocycles. The fourth-order valence-electron chi connectivity index (χ4n) is 4.12. The molecule has 1 N–H and O–H groups in total. The van der Waals surface area contributed by atoms with Crippen LogP contribution in [-0.4, -0.2) is 42.9 Å². The number of carbonyl (C=O) groups is 2. The molecule has 192 valence electrons. The fraction of sp³-hybridized carbons (Fsp3) is 0.320. The molecule has 37 heavy (non-hydrogen) atoms. The summed E-state index contributed by atoms with van der Waals surface area (Å²) in [7, 11) is 0. The lowest BCUT2D eigenvalue weighted by Crippen LogP contribution is -2.26. The molecule has 1 amide bonds. The Labute approximate surface area is 209 Å². The molecule has 0 bridgehead atoms. The van der Waals surface area contributed by atoms with Gasteiger partial charge in [-0.3, -0.25) is 9.48 Å². The number of halogens is 3. The van der Waals surface area contributed by atoms with Crippen LogP contribution in [0.4, 0.5) is 18.9 Å². The maximum absolute atomic E-state index is 13.3. The van der Waals surface area contributed by atoms with E-state index in [9.17, 15) is 22.8 Å². The number of fused-ring (bicyclic) bond motifs is 1. The topological polar surface area (TPSA) is 103 Å². The van der Waals surface area contributed by atoms with Crippen LogP contribution in [0.5, 0.6) is 0 Å². The number of amides is 1. The second-order valence-electron chi connectivity index (χ2n) is 8.76. The number of nitrogens with zero attached hydrogens (tertiary/aromatic N) is 5. The van der Waals surface area contributed by atoms with Gasteiger partial charge in [-0.2, -0.15) is 23.4 Å². The molecule has 1 aromatic carbocycles. The predicted molar refractivity (Wildman–Crippen MR) is 127 cm³/mol. The lowest BCUT2D eigenvalue weighted by Gasteiger charge is -2.16. The van der Waals surface area contributed by atoms with Crippen molar-refractivity contribution < 1.29 is 27.5 Å². The minimum absolute atomic E-state index is 0.0233. The summed E-state index contributed by atoms with van der Waals surface area (Å²) in [6.45, 7) is 3.44. The zero-order valence-electron chi connectivity index (χ0n) is 20.0. The molecule has 4 aromatic rings. The highest BCUT2D eigenvalue weighted by atomic mass is 19.4. The Morgan fingerprint density at radius 1 is 1.22 bits per heavy atom. The molecule has 1 atom stereocenters. The average molecular weight is 512 g/mol. The van der Waals surface area contributed by atoms with E-state index < -0.39 is 29.8 Å². The van der Waals surface area contributed by atoms with Gasteiger partial charge >= 0.3 is 12.1 Å². The van der Waals surface area contributed by atoms with E-state index in [1.54, 1.807) is 37.3 Å². The zero-order valence-corrected chi connectivity index (χ0v) is 20.0. The molecule has 1 saturated carbocycles. The van der Waals surface area contributed by atoms with Crippen molar-refractivity contribution >= 4 is 23.2 Å². The van der Waals surface area contributed by atoms with Crippen molar-refractivity contribution in [3.63, 3.8) is 0 Å². The molecule has 1 unspecified atom stereocenters. The van der Waals surface area contributed by atoms with Crippen LogP contribution in [0.1, 0.15) is 60.4 Å². The molecule has 3 aromatic heterocycles. The van der Waals surface area contributed by atoms with Crippen LogP contribution in [0.25, 0.3) is 16.9 Å². The summed E-state index contributed by atoms with van der Waals surface area (Å²) in [5.74, 6) is -1.06. The Balaban J connectivity index is 1.41. The maximum atomic E-state index is 13.3. The van der Waals surface area contributed by atoms with Gasteiger partial charge in [-0.05, 0) is 51.0 Å². The van der Waals surface area contributed by atoms with E-state index in [0.717, 1.165) is 18.9 Å². The Morgan fingerprint density at radius 3 is 2.70 bits per heavy atom. The van der Waals surface area contributed by atoms with Crippen LogP contribution in [0.2, 0.25) is 0 Å². The minimum Gasteiger partial charge on any atom is -0.462 e. The molecule has 1 aliphatic rings. The summed E-state index contributed by atoms with van der Waals surface area (Å²) in [6, 6.07) is 8.69. The Morgan fingerprint density at radius 2 is 2.00 bits per heavy atom. The highest BCUT2D eigenvalue weighted by Crippen LogP contribution is 2.43. The highest BCUT2D eigenvalue weighted by molar-refractivity contribution is 5.96. The number of benzene rings is 1. The normalized spacial score (nSPS) is 14.5. The van der Waals surface area contributed by atoms with Crippen molar-refractivity contribution in [1.82, 2.24) is 24.4 Å². The number of hydrogen-bond acceptors (Lipinski definition) is 6. The van der Waals surface area contributed by atoms with Gasteiger partial charge in [0.2, 0.25) is 5.91 Å². The van der Waals surface area contributed by atoms with Crippen molar-refractivity contribution in [3.05, 3.63) is 65.7 Å².